The first kappa shape index (κ1) is 24.0. The fraction of sp³-hybridized carbons (Fsp3) is 0.435. The van der Waals surface area contributed by atoms with Gasteiger partial charge in [-0.15, -0.1) is 0 Å². The normalized spacial score (nSPS) is 14.0. The molecule has 0 saturated heterocycles. The molecule has 0 aromatic heterocycles. The number of amides is 1. The van der Waals surface area contributed by atoms with Crippen LogP contribution in [0.25, 0.3) is 11.6 Å². The smallest absolute Gasteiger partial charge is 0.250 e. The van der Waals surface area contributed by atoms with E-state index in [1.807, 2.05) is 26.8 Å². The molecule has 1 aromatic rings. The van der Waals surface area contributed by atoms with Crippen molar-refractivity contribution >= 4 is 29.2 Å². The van der Waals surface area contributed by atoms with Gasteiger partial charge in [0.2, 0.25) is 0 Å². The molecule has 0 bridgehead atoms. The van der Waals surface area contributed by atoms with Crippen LogP contribution in [0, 0.1) is 6.92 Å². The summed E-state index contributed by atoms with van der Waals surface area (Å²) in [5.74, 6) is -0.192. The van der Waals surface area contributed by atoms with Gasteiger partial charge >= 0.3 is 0 Å². The highest BCUT2D eigenvalue weighted by Crippen LogP contribution is 2.36. The van der Waals surface area contributed by atoms with E-state index < -0.39 is 0 Å². The number of hydrogen-bond acceptors (Lipinski definition) is 3. The molecular weight excluding hydrogens is 370 g/mol. The number of allylic oxidation sites excluding steroid dienone is 2. The highest BCUT2D eigenvalue weighted by molar-refractivity contribution is 6.32. The lowest BCUT2D eigenvalue weighted by Gasteiger charge is -2.25. The molecule has 4 N–H and O–H groups in total. The fourth-order valence-corrected chi connectivity index (χ4v) is 3.85. The van der Waals surface area contributed by atoms with E-state index in [1.165, 1.54) is 0 Å². The van der Waals surface area contributed by atoms with Gasteiger partial charge in [0.1, 0.15) is 0 Å². The van der Waals surface area contributed by atoms with Crippen molar-refractivity contribution in [2.75, 3.05) is 7.05 Å². The molecule has 1 rings (SSSR count). The third kappa shape index (κ3) is 5.27. The zero-order valence-corrected chi connectivity index (χ0v) is 18.8. The van der Waals surface area contributed by atoms with E-state index in [-0.39, 0.29) is 18.0 Å². The molecule has 2 unspecified atom stereocenters. The maximum Gasteiger partial charge on any atom is 0.250 e. The fourth-order valence-electron chi connectivity index (χ4n) is 3.51. The van der Waals surface area contributed by atoms with Crippen LogP contribution in [0.4, 0.5) is 0 Å². The minimum Gasteiger partial charge on any atom is -0.391 e. The standard InChI is InChI=1S/C23H34ClN3O/c1-9-11-13(3)21-14(4)18(10-2)20(24)12-19(21)16(6)27-23(28)22(15(5)25)17(7)26-8/h10,12,15-16,26H,2-3,9,11,25H2,1,4-8H3,(H,27,28)/b22-17-. The first-order valence-electron chi connectivity index (χ1n) is 9.69. The first-order valence-corrected chi connectivity index (χ1v) is 10.1. The van der Waals surface area contributed by atoms with Crippen LogP contribution in [0.2, 0.25) is 5.02 Å². The average Bonchev–Trinajstić information content (AvgIpc) is 2.61. The van der Waals surface area contributed by atoms with E-state index in [4.69, 9.17) is 17.3 Å². The molecular formula is C23H34ClN3O. The second-order valence-electron chi connectivity index (χ2n) is 7.19. The Balaban J connectivity index is 3.44. The minimum absolute atomic E-state index is 0.192. The molecule has 1 amide bonds. The van der Waals surface area contributed by atoms with Crippen LogP contribution in [0.5, 0.6) is 0 Å². The lowest BCUT2D eigenvalue weighted by atomic mass is 9.87. The lowest BCUT2D eigenvalue weighted by molar-refractivity contribution is -0.118. The number of benzene rings is 1. The number of nitrogens with one attached hydrogen (secondary N) is 2. The van der Waals surface area contributed by atoms with Gasteiger partial charge in [0.25, 0.3) is 5.91 Å². The van der Waals surface area contributed by atoms with Crippen molar-refractivity contribution in [2.45, 2.75) is 59.5 Å². The van der Waals surface area contributed by atoms with E-state index in [2.05, 4.69) is 30.7 Å². The number of carbonyl (C=O) groups is 1. The van der Waals surface area contributed by atoms with Crippen LogP contribution in [0.15, 0.2) is 30.5 Å². The van der Waals surface area contributed by atoms with Gasteiger partial charge in [-0.2, -0.15) is 0 Å². The van der Waals surface area contributed by atoms with Gasteiger partial charge in [0, 0.05) is 23.8 Å². The highest BCUT2D eigenvalue weighted by Gasteiger charge is 2.23. The van der Waals surface area contributed by atoms with Gasteiger partial charge in [-0.25, -0.2) is 0 Å². The molecule has 0 heterocycles. The molecule has 0 aliphatic rings. The molecule has 0 saturated carbocycles. The van der Waals surface area contributed by atoms with Gasteiger partial charge in [-0.1, -0.05) is 44.2 Å². The number of hydrogen-bond donors (Lipinski definition) is 3. The molecule has 0 aliphatic carbocycles. The summed E-state index contributed by atoms with van der Waals surface area (Å²) < 4.78 is 0. The predicted octanol–water partition coefficient (Wildman–Crippen LogP) is 5.12. The number of nitrogens with two attached hydrogens (primary N) is 1. The van der Waals surface area contributed by atoms with Crippen LogP contribution in [0.3, 0.4) is 0 Å². The Morgan fingerprint density at radius 3 is 2.46 bits per heavy atom. The number of carbonyl (C=O) groups excluding carboxylic acids is 1. The average molecular weight is 404 g/mol. The third-order valence-electron chi connectivity index (χ3n) is 5.01. The van der Waals surface area contributed by atoms with Crippen LogP contribution in [0.1, 0.15) is 68.8 Å². The van der Waals surface area contributed by atoms with Crippen molar-refractivity contribution in [1.82, 2.24) is 10.6 Å². The summed E-state index contributed by atoms with van der Waals surface area (Å²) >= 11 is 6.50. The molecule has 1 aromatic carbocycles. The maximum absolute atomic E-state index is 12.9. The van der Waals surface area contributed by atoms with E-state index in [0.29, 0.717) is 10.6 Å². The quantitative estimate of drug-likeness (QED) is 0.501. The van der Waals surface area contributed by atoms with Crippen molar-refractivity contribution < 1.29 is 4.79 Å². The second-order valence-corrected chi connectivity index (χ2v) is 7.60. The summed E-state index contributed by atoms with van der Waals surface area (Å²) in [6.07, 6.45) is 3.63. The van der Waals surface area contributed by atoms with Gasteiger partial charge in [0.15, 0.2) is 0 Å². The summed E-state index contributed by atoms with van der Waals surface area (Å²) in [5.41, 5.74) is 12.3. The van der Waals surface area contributed by atoms with E-state index in [9.17, 15) is 4.79 Å². The third-order valence-corrected chi connectivity index (χ3v) is 5.32. The number of rotatable bonds is 9. The Kier molecular flexibility index (Phi) is 8.99. The predicted molar refractivity (Wildman–Crippen MR) is 122 cm³/mol. The number of halogens is 1. The van der Waals surface area contributed by atoms with Gasteiger partial charge in [-0.05, 0) is 68.0 Å². The van der Waals surface area contributed by atoms with E-state index in [1.54, 1.807) is 20.0 Å². The van der Waals surface area contributed by atoms with Crippen LogP contribution in [-0.4, -0.2) is 19.0 Å². The SMILES string of the molecule is C=Cc1c(Cl)cc(C(C)NC(=O)/C(=C(/C)NC)C(C)N)c(C(=C)CCC)c1C. The maximum atomic E-state index is 12.9. The van der Waals surface area contributed by atoms with Gasteiger partial charge in [-0.3, -0.25) is 4.79 Å². The Hall–Kier alpha value is -2.04. The van der Waals surface area contributed by atoms with Crippen LogP contribution >= 0.6 is 11.6 Å². The highest BCUT2D eigenvalue weighted by atomic mass is 35.5. The molecule has 0 spiro atoms. The first-order chi connectivity index (χ1) is 13.1. The summed E-state index contributed by atoms with van der Waals surface area (Å²) in [5, 5.41) is 6.71. The topological polar surface area (TPSA) is 67.2 Å². The van der Waals surface area contributed by atoms with E-state index in [0.717, 1.165) is 46.4 Å². The summed E-state index contributed by atoms with van der Waals surface area (Å²) in [4.78, 5) is 12.9. The Morgan fingerprint density at radius 2 is 2.00 bits per heavy atom. The summed E-state index contributed by atoms with van der Waals surface area (Å²) in [6.45, 7) is 17.9. The van der Waals surface area contributed by atoms with Crippen molar-refractivity contribution in [3.8, 4) is 0 Å². The van der Waals surface area contributed by atoms with Crippen molar-refractivity contribution in [2.24, 2.45) is 5.73 Å². The Morgan fingerprint density at radius 1 is 1.39 bits per heavy atom. The monoisotopic (exact) mass is 403 g/mol. The van der Waals surface area contributed by atoms with Crippen molar-refractivity contribution in [3.05, 3.63) is 57.8 Å². The van der Waals surface area contributed by atoms with Crippen LogP contribution in [-0.2, 0) is 4.79 Å². The second kappa shape index (κ2) is 10.5. The van der Waals surface area contributed by atoms with Crippen molar-refractivity contribution in [1.29, 1.82) is 0 Å². The molecule has 4 nitrogen and oxygen atoms in total. The minimum atomic E-state index is -0.386. The molecule has 2 atom stereocenters. The molecule has 5 heteroatoms. The van der Waals surface area contributed by atoms with Gasteiger partial charge < -0.3 is 16.4 Å². The molecule has 0 aliphatic heterocycles. The van der Waals surface area contributed by atoms with Crippen LogP contribution < -0.4 is 16.4 Å². The Labute approximate surface area is 174 Å². The zero-order valence-electron chi connectivity index (χ0n) is 18.0. The molecule has 0 fully saturated rings. The zero-order chi connectivity index (χ0) is 21.6. The van der Waals surface area contributed by atoms with Crippen molar-refractivity contribution in [3.63, 3.8) is 0 Å². The molecule has 0 radical (unpaired) electrons. The van der Waals surface area contributed by atoms with Gasteiger partial charge in [0.05, 0.1) is 11.6 Å². The Bertz CT molecular complexity index is 794. The van der Waals surface area contributed by atoms with E-state index >= 15 is 0 Å². The molecule has 28 heavy (non-hydrogen) atoms. The summed E-state index contributed by atoms with van der Waals surface area (Å²) in [6, 6.07) is 1.26. The summed E-state index contributed by atoms with van der Waals surface area (Å²) in [7, 11) is 1.78. The largest absolute Gasteiger partial charge is 0.391 e. The molecule has 154 valence electrons. The lowest BCUT2D eigenvalue weighted by Crippen LogP contribution is -2.37.